The summed E-state index contributed by atoms with van der Waals surface area (Å²) in [5, 5.41) is 18.4. The van der Waals surface area contributed by atoms with Gasteiger partial charge in [-0.2, -0.15) is 0 Å². The molecule has 2 rings (SSSR count). The Morgan fingerprint density at radius 1 is 1.30 bits per heavy atom. The summed E-state index contributed by atoms with van der Waals surface area (Å²) >= 11 is 0. The Morgan fingerprint density at radius 3 is 2.50 bits per heavy atom. The fraction of sp³-hybridized carbons (Fsp3) is 0.357. The summed E-state index contributed by atoms with van der Waals surface area (Å²) in [6.07, 6.45) is 0. The van der Waals surface area contributed by atoms with Gasteiger partial charge in [-0.05, 0) is 13.0 Å². The quantitative estimate of drug-likeness (QED) is 0.866. The van der Waals surface area contributed by atoms with Crippen LogP contribution in [0.15, 0.2) is 22.6 Å². The van der Waals surface area contributed by atoms with Crippen molar-refractivity contribution in [2.45, 2.75) is 6.92 Å². The van der Waals surface area contributed by atoms with Crippen LogP contribution < -0.4 is 0 Å². The zero-order valence-corrected chi connectivity index (χ0v) is 11.1. The number of carbonyl (C=O) groups is 1. The van der Waals surface area contributed by atoms with Crippen LogP contribution in [0.5, 0.6) is 0 Å². The Labute approximate surface area is 115 Å². The molecule has 20 heavy (non-hydrogen) atoms. The Hall–Kier alpha value is -1.92. The van der Waals surface area contributed by atoms with Crippen LogP contribution in [-0.4, -0.2) is 47.3 Å². The van der Waals surface area contributed by atoms with Gasteiger partial charge in [0.05, 0.1) is 13.2 Å². The maximum atomic E-state index is 13.6. The van der Waals surface area contributed by atoms with Crippen LogP contribution in [0.25, 0.3) is 11.0 Å². The summed E-state index contributed by atoms with van der Waals surface area (Å²) < 4.78 is 19.0. The van der Waals surface area contributed by atoms with Crippen molar-refractivity contribution < 1.29 is 23.8 Å². The molecule has 0 aliphatic rings. The highest BCUT2D eigenvalue weighted by molar-refractivity contribution is 5.99. The summed E-state index contributed by atoms with van der Waals surface area (Å²) in [7, 11) is 0. The van der Waals surface area contributed by atoms with Crippen LogP contribution in [0.2, 0.25) is 0 Å². The van der Waals surface area contributed by atoms with E-state index in [1.54, 1.807) is 19.1 Å². The second kappa shape index (κ2) is 6.02. The normalized spacial score (nSPS) is 11.0. The summed E-state index contributed by atoms with van der Waals surface area (Å²) in [5.74, 6) is -0.964. The zero-order chi connectivity index (χ0) is 14.7. The lowest BCUT2D eigenvalue weighted by atomic mass is 10.1. The molecule has 1 aromatic carbocycles. The van der Waals surface area contributed by atoms with E-state index in [1.807, 2.05) is 0 Å². The van der Waals surface area contributed by atoms with E-state index < -0.39 is 11.7 Å². The van der Waals surface area contributed by atoms with Crippen molar-refractivity contribution in [1.29, 1.82) is 0 Å². The van der Waals surface area contributed by atoms with E-state index in [1.165, 1.54) is 11.0 Å². The second-order valence-electron chi connectivity index (χ2n) is 4.41. The van der Waals surface area contributed by atoms with Crippen molar-refractivity contribution in [3.63, 3.8) is 0 Å². The Kier molecular flexibility index (Phi) is 4.36. The number of carbonyl (C=O) groups excluding carboxylic acids is 1. The van der Waals surface area contributed by atoms with Gasteiger partial charge in [0.1, 0.15) is 0 Å². The molecule has 0 aliphatic carbocycles. The van der Waals surface area contributed by atoms with Gasteiger partial charge in [-0.1, -0.05) is 12.1 Å². The molecule has 0 saturated heterocycles. The van der Waals surface area contributed by atoms with Gasteiger partial charge in [0.25, 0.3) is 5.91 Å². The number of furan rings is 1. The molecule has 6 heteroatoms. The number of halogens is 1. The molecule has 1 heterocycles. The van der Waals surface area contributed by atoms with E-state index >= 15 is 0 Å². The Morgan fingerprint density at radius 2 is 1.95 bits per heavy atom. The summed E-state index contributed by atoms with van der Waals surface area (Å²) in [5.41, 5.74) is 0.590. The third-order valence-electron chi connectivity index (χ3n) is 3.14. The van der Waals surface area contributed by atoms with E-state index in [9.17, 15) is 9.18 Å². The molecule has 0 saturated carbocycles. The highest BCUT2D eigenvalue weighted by atomic mass is 19.1. The van der Waals surface area contributed by atoms with Crippen molar-refractivity contribution in [2.75, 3.05) is 26.3 Å². The maximum Gasteiger partial charge on any atom is 0.290 e. The molecule has 0 atom stereocenters. The average molecular weight is 281 g/mol. The number of aliphatic hydroxyl groups excluding tert-OH is 2. The van der Waals surface area contributed by atoms with Crippen molar-refractivity contribution >= 4 is 16.9 Å². The first-order valence-corrected chi connectivity index (χ1v) is 6.28. The van der Waals surface area contributed by atoms with Crippen LogP contribution in [0.1, 0.15) is 16.1 Å². The predicted molar refractivity (Wildman–Crippen MR) is 71.0 cm³/mol. The van der Waals surface area contributed by atoms with Gasteiger partial charge < -0.3 is 19.5 Å². The smallest absolute Gasteiger partial charge is 0.290 e. The van der Waals surface area contributed by atoms with Gasteiger partial charge in [-0.3, -0.25) is 4.79 Å². The summed E-state index contributed by atoms with van der Waals surface area (Å²) in [4.78, 5) is 13.6. The molecular formula is C14H16FNO4. The van der Waals surface area contributed by atoms with Crippen LogP contribution in [0, 0.1) is 12.7 Å². The summed E-state index contributed by atoms with van der Waals surface area (Å²) in [6, 6.07) is 4.49. The lowest BCUT2D eigenvalue weighted by molar-refractivity contribution is 0.0654. The topological polar surface area (TPSA) is 73.9 Å². The lowest BCUT2D eigenvalue weighted by Gasteiger charge is -2.19. The average Bonchev–Trinajstić information content (AvgIpc) is 2.77. The monoisotopic (exact) mass is 281 g/mol. The van der Waals surface area contributed by atoms with E-state index in [0.29, 0.717) is 10.9 Å². The fourth-order valence-electron chi connectivity index (χ4n) is 2.11. The van der Waals surface area contributed by atoms with Gasteiger partial charge in [0.15, 0.2) is 17.2 Å². The molecule has 0 spiro atoms. The molecule has 0 radical (unpaired) electrons. The molecule has 0 unspecified atom stereocenters. The molecular weight excluding hydrogens is 265 g/mol. The molecule has 0 bridgehead atoms. The largest absolute Gasteiger partial charge is 0.448 e. The van der Waals surface area contributed by atoms with Crippen LogP contribution in [0.4, 0.5) is 4.39 Å². The molecule has 0 aliphatic heterocycles. The minimum Gasteiger partial charge on any atom is -0.448 e. The molecule has 0 fully saturated rings. The Balaban J connectivity index is 2.43. The van der Waals surface area contributed by atoms with Gasteiger partial charge in [-0.25, -0.2) is 4.39 Å². The first-order valence-electron chi connectivity index (χ1n) is 6.28. The standard InChI is InChI=1S/C14H16FNO4/c1-9-10-3-2-4-11(15)13(10)20-12(9)14(19)16(5-7-17)6-8-18/h2-4,17-18H,5-8H2,1H3. The van der Waals surface area contributed by atoms with E-state index in [-0.39, 0.29) is 37.6 Å². The highest BCUT2D eigenvalue weighted by Gasteiger charge is 2.23. The minimum atomic E-state index is -0.527. The molecule has 2 aromatic rings. The number of nitrogens with zero attached hydrogens (tertiary/aromatic N) is 1. The SMILES string of the molecule is Cc1c(C(=O)N(CCO)CCO)oc2c(F)cccc12. The molecule has 1 amide bonds. The number of hydrogen-bond donors (Lipinski definition) is 2. The number of aliphatic hydroxyl groups is 2. The first-order chi connectivity index (χ1) is 9.60. The second-order valence-corrected chi connectivity index (χ2v) is 4.41. The third-order valence-corrected chi connectivity index (χ3v) is 3.14. The van der Waals surface area contributed by atoms with Gasteiger partial charge in [0.2, 0.25) is 0 Å². The van der Waals surface area contributed by atoms with E-state index in [4.69, 9.17) is 14.6 Å². The minimum absolute atomic E-state index is 0.0343. The summed E-state index contributed by atoms with van der Waals surface area (Å²) in [6.45, 7) is 1.39. The fourth-order valence-corrected chi connectivity index (χ4v) is 2.11. The molecule has 108 valence electrons. The number of para-hydroxylation sites is 1. The Bertz CT molecular complexity index is 617. The first kappa shape index (κ1) is 14.5. The molecule has 5 nitrogen and oxygen atoms in total. The lowest BCUT2D eigenvalue weighted by Crippen LogP contribution is -2.35. The zero-order valence-electron chi connectivity index (χ0n) is 11.1. The number of aryl methyl sites for hydroxylation is 1. The highest BCUT2D eigenvalue weighted by Crippen LogP contribution is 2.28. The number of benzene rings is 1. The third kappa shape index (κ3) is 2.52. The van der Waals surface area contributed by atoms with Crippen LogP contribution in [-0.2, 0) is 0 Å². The maximum absolute atomic E-state index is 13.6. The predicted octanol–water partition coefficient (Wildman–Crippen LogP) is 1.31. The van der Waals surface area contributed by atoms with Gasteiger partial charge in [0, 0.05) is 24.0 Å². The molecule has 1 aromatic heterocycles. The van der Waals surface area contributed by atoms with Crippen LogP contribution >= 0.6 is 0 Å². The van der Waals surface area contributed by atoms with E-state index in [2.05, 4.69) is 0 Å². The van der Waals surface area contributed by atoms with Gasteiger partial charge >= 0.3 is 0 Å². The molecule has 2 N–H and O–H groups in total. The number of rotatable bonds is 5. The van der Waals surface area contributed by atoms with Crippen molar-refractivity contribution in [1.82, 2.24) is 4.90 Å². The van der Waals surface area contributed by atoms with Crippen molar-refractivity contribution in [3.05, 3.63) is 35.3 Å². The number of amides is 1. The van der Waals surface area contributed by atoms with Gasteiger partial charge in [-0.15, -0.1) is 0 Å². The number of hydrogen-bond acceptors (Lipinski definition) is 4. The van der Waals surface area contributed by atoms with Crippen molar-refractivity contribution in [3.8, 4) is 0 Å². The number of fused-ring (bicyclic) bond motifs is 1. The van der Waals surface area contributed by atoms with Crippen molar-refractivity contribution in [2.24, 2.45) is 0 Å². The van der Waals surface area contributed by atoms with E-state index in [0.717, 1.165) is 0 Å². The van der Waals surface area contributed by atoms with Crippen LogP contribution in [0.3, 0.4) is 0 Å².